The third-order valence-corrected chi connectivity index (χ3v) is 8.68. The molecular formula is C24H37N3O3S. The minimum Gasteiger partial charge on any atom is -0.326 e. The number of anilines is 1. The van der Waals surface area contributed by atoms with Gasteiger partial charge in [0.25, 0.3) is 0 Å². The second-order valence-electron chi connectivity index (χ2n) is 9.63. The van der Waals surface area contributed by atoms with Crippen LogP contribution in [0, 0.1) is 17.3 Å². The summed E-state index contributed by atoms with van der Waals surface area (Å²) in [5, 5.41) is 2.73. The van der Waals surface area contributed by atoms with Crippen molar-refractivity contribution in [2.24, 2.45) is 17.3 Å². The Morgan fingerprint density at radius 3 is 2.29 bits per heavy atom. The fourth-order valence-electron chi connectivity index (χ4n) is 4.74. The van der Waals surface area contributed by atoms with Crippen LogP contribution in [0.2, 0.25) is 0 Å². The fourth-order valence-corrected chi connectivity index (χ4v) is 6.10. The van der Waals surface area contributed by atoms with Crippen molar-refractivity contribution in [3.63, 3.8) is 0 Å². The normalized spacial score (nSPS) is 24.4. The molecule has 2 aliphatic rings. The van der Waals surface area contributed by atoms with Crippen molar-refractivity contribution in [3.8, 4) is 0 Å². The van der Waals surface area contributed by atoms with Gasteiger partial charge in [0.2, 0.25) is 15.9 Å². The van der Waals surface area contributed by atoms with Gasteiger partial charge in [-0.15, -0.1) is 0 Å². The first kappa shape index (κ1) is 24.0. The number of sulfonamides is 1. The molecule has 1 amide bonds. The Bertz CT molecular complexity index is 875. The molecule has 0 aromatic heterocycles. The Hall–Kier alpha value is -1.70. The standard InChI is InChI=1S/C24H37N3O3S/c1-5-6-13-26-15-21-17-27(18-22(16-26)24(21,3)4)31(29,30)14-7-8-20-9-11-23(12-10-20)25-19(2)28/h7-12,21-22H,5-6,13-18H2,1-4H3,(H,25,28). The summed E-state index contributed by atoms with van der Waals surface area (Å²) in [6.45, 7) is 12.7. The van der Waals surface area contributed by atoms with Gasteiger partial charge in [-0.25, -0.2) is 12.7 Å². The van der Waals surface area contributed by atoms with Crippen LogP contribution in [-0.2, 0) is 14.8 Å². The maximum atomic E-state index is 13.1. The molecule has 172 valence electrons. The van der Waals surface area contributed by atoms with Crippen molar-refractivity contribution in [1.29, 1.82) is 0 Å². The molecule has 2 unspecified atom stereocenters. The number of carbonyl (C=O) groups excluding carboxylic acids is 1. The van der Waals surface area contributed by atoms with Gasteiger partial charge in [-0.3, -0.25) is 4.79 Å². The first-order valence-corrected chi connectivity index (χ1v) is 13.0. The lowest BCUT2D eigenvalue weighted by atomic mass is 9.64. The van der Waals surface area contributed by atoms with Gasteiger partial charge < -0.3 is 10.2 Å². The summed E-state index contributed by atoms with van der Waals surface area (Å²) in [6, 6.07) is 7.36. The van der Waals surface area contributed by atoms with Crippen molar-refractivity contribution < 1.29 is 13.2 Å². The van der Waals surface area contributed by atoms with Crippen LogP contribution in [0.4, 0.5) is 5.69 Å². The van der Waals surface area contributed by atoms with E-state index in [1.165, 1.54) is 19.8 Å². The van der Waals surface area contributed by atoms with E-state index in [0.717, 1.165) is 30.9 Å². The summed E-state index contributed by atoms with van der Waals surface area (Å²) >= 11 is 0. The van der Waals surface area contributed by atoms with Gasteiger partial charge in [0, 0.05) is 38.8 Å². The van der Waals surface area contributed by atoms with E-state index >= 15 is 0 Å². The van der Waals surface area contributed by atoms with Gasteiger partial charge in [0.05, 0.1) is 5.75 Å². The van der Waals surface area contributed by atoms with Crippen LogP contribution in [0.3, 0.4) is 0 Å². The first-order chi connectivity index (χ1) is 14.6. The van der Waals surface area contributed by atoms with Crippen LogP contribution in [0.15, 0.2) is 30.3 Å². The van der Waals surface area contributed by atoms with Crippen molar-refractivity contribution in [3.05, 3.63) is 35.9 Å². The first-order valence-electron chi connectivity index (χ1n) is 11.4. The second-order valence-corrected chi connectivity index (χ2v) is 11.6. The van der Waals surface area contributed by atoms with Gasteiger partial charge in [-0.2, -0.15) is 0 Å². The summed E-state index contributed by atoms with van der Waals surface area (Å²) < 4.78 is 27.9. The van der Waals surface area contributed by atoms with E-state index < -0.39 is 10.0 Å². The number of hydrogen-bond donors (Lipinski definition) is 1. The molecule has 1 aromatic carbocycles. The molecule has 7 heteroatoms. The Balaban J connectivity index is 1.61. The molecule has 0 radical (unpaired) electrons. The highest BCUT2D eigenvalue weighted by Crippen LogP contribution is 2.45. The lowest BCUT2D eigenvalue weighted by Crippen LogP contribution is -2.62. The topological polar surface area (TPSA) is 69.7 Å². The van der Waals surface area contributed by atoms with Crippen molar-refractivity contribution >= 4 is 27.7 Å². The molecule has 1 aromatic rings. The average molecular weight is 448 g/mol. The molecule has 2 bridgehead atoms. The number of carbonyl (C=O) groups is 1. The van der Waals surface area contributed by atoms with Crippen LogP contribution in [0.5, 0.6) is 0 Å². The molecule has 0 saturated carbocycles. The maximum absolute atomic E-state index is 13.1. The number of benzene rings is 1. The Morgan fingerprint density at radius 2 is 1.74 bits per heavy atom. The molecule has 31 heavy (non-hydrogen) atoms. The van der Waals surface area contributed by atoms with E-state index in [2.05, 4.69) is 31.0 Å². The zero-order valence-electron chi connectivity index (χ0n) is 19.3. The third-order valence-electron chi connectivity index (χ3n) is 6.98. The van der Waals surface area contributed by atoms with Crippen LogP contribution < -0.4 is 5.32 Å². The Morgan fingerprint density at radius 1 is 1.13 bits per heavy atom. The maximum Gasteiger partial charge on any atom is 0.221 e. The molecule has 2 fully saturated rings. The summed E-state index contributed by atoms with van der Waals surface area (Å²) in [6.07, 6.45) is 5.96. The minimum absolute atomic E-state index is 0.0138. The Kier molecular flexibility index (Phi) is 7.60. The SMILES string of the molecule is CCCCN1CC2CN(S(=O)(=O)CC=Cc3ccc(NC(C)=O)cc3)CC(C1)C2(C)C. The third kappa shape index (κ3) is 5.96. The van der Waals surface area contributed by atoms with E-state index in [1.807, 2.05) is 30.3 Å². The molecule has 2 heterocycles. The number of amides is 1. The molecular weight excluding hydrogens is 410 g/mol. The van der Waals surface area contributed by atoms with Gasteiger partial charge >= 0.3 is 0 Å². The summed E-state index contributed by atoms with van der Waals surface area (Å²) in [4.78, 5) is 13.6. The summed E-state index contributed by atoms with van der Waals surface area (Å²) in [7, 11) is -3.33. The van der Waals surface area contributed by atoms with Gasteiger partial charge in [0.15, 0.2) is 0 Å². The van der Waals surface area contributed by atoms with Crippen molar-refractivity contribution in [2.75, 3.05) is 43.8 Å². The number of likely N-dealkylation sites (tertiary alicyclic amines) is 1. The van der Waals surface area contributed by atoms with E-state index in [1.54, 1.807) is 10.4 Å². The summed E-state index contributed by atoms with van der Waals surface area (Å²) in [5.41, 5.74) is 1.82. The molecule has 0 spiro atoms. The zero-order chi connectivity index (χ0) is 22.6. The zero-order valence-corrected chi connectivity index (χ0v) is 20.1. The van der Waals surface area contributed by atoms with Crippen LogP contribution in [-0.4, -0.2) is 62.0 Å². The van der Waals surface area contributed by atoms with E-state index in [4.69, 9.17) is 0 Å². The van der Waals surface area contributed by atoms with Gasteiger partial charge in [-0.05, 0) is 47.9 Å². The highest BCUT2D eigenvalue weighted by molar-refractivity contribution is 7.89. The lowest BCUT2D eigenvalue weighted by molar-refractivity contribution is -0.114. The molecule has 3 rings (SSSR count). The lowest BCUT2D eigenvalue weighted by Gasteiger charge is -2.55. The smallest absolute Gasteiger partial charge is 0.221 e. The van der Waals surface area contributed by atoms with E-state index in [-0.39, 0.29) is 17.1 Å². The number of unbranched alkanes of at least 4 members (excludes halogenated alkanes) is 1. The number of nitrogens with one attached hydrogen (secondary N) is 1. The van der Waals surface area contributed by atoms with Crippen LogP contribution in [0.25, 0.3) is 6.08 Å². The largest absolute Gasteiger partial charge is 0.326 e. The minimum atomic E-state index is -3.33. The number of fused-ring (bicyclic) bond motifs is 2. The molecule has 2 atom stereocenters. The Labute approximate surface area is 187 Å². The highest BCUT2D eigenvalue weighted by atomic mass is 32.2. The molecule has 0 aliphatic carbocycles. The number of rotatable bonds is 8. The monoisotopic (exact) mass is 447 g/mol. The second kappa shape index (κ2) is 9.84. The number of hydrogen-bond acceptors (Lipinski definition) is 4. The van der Waals surface area contributed by atoms with Gasteiger partial charge in [0.1, 0.15) is 0 Å². The van der Waals surface area contributed by atoms with Crippen LogP contribution >= 0.6 is 0 Å². The van der Waals surface area contributed by atoms with Gasteiger partial charge in [-0.1, -0.05) is 51.5 Å². The van der Waals surface area contributed by atoms with E-state index in [0.29, 0.717) is 24.9 Å². The van der Waals surface area contributed by atoms with Crippen molar-refractivity contribution in [1.82, 2.24) is 9.21 Å². The predicted octanol–water partition coefficient (Wildman–Crippen LogP) is 3.68. The molecule has 6 nitrogen and oxygen atoms in total. The molecule has 2 saturated heterocycles. The van der Waals surface area contributed by atoms with Crippen molar-refractivity contribution in [2.45, 2.75) is 40.5 Å². The summed E-state index contributed by atoms with van der Waals surface area (Å²) in [5.74, 6) is 0.645. The van der Waals surface area contributed by atoms with E-state index in [9.17, 15) is 13.2 Å². The highest BCUT2D eigenvalue weighted by Gasteiger charge is 2.49. The number of nitrogens with zero attached hydrogens (tertiary/aromatic N) is 2. The fraction of sp³-hybridized carbons (Fsp3) is 0.625. The predicted molar refractivity (Wildman–Crippen MR) is 127 cm³/mol. The molecule has 2 aliphatic heterocycles. The quantitative estimate of drug-likeness (QED) is 0.660. The van der Waals surface area contributed by atoms with Crippen LogP contribution in [0.1, 0.15) is 46.1 Å². The number of piperidine rings is 2. The molecule has 1 N–H and O–H groups in total. The average Bonchev–Trinajstić information content (AvgIpc) is 2.67.